The number of carboxylic acid groups (broad SMARTS) is 1. The highest BCUT2D eigenvalue weighted by molar-refractivity contribution is 5.86. The number of amides is 2. The van der Waals surface area contributed by atoms with Crippen LogP contribution in [-0.2, 0) is 9.59 Å². The maximum absolute atomic E-state index is 11.4. The Morgan fingerprint density at radius 1 is 1.28 bits per heavy atom. The Kier molecular flexibility index (Phi) is 4.67. The molecule has 18 heavy (non-hydrogen) atoms. The van der Waals surface area contributed by atoms with Gasteiger partial charge in [0, 0.05) is 0 Å². The topological polar surface area (TPSA) is 119 Å². The Bertz CT molecular complexity index is 446. The zero-order valence-corrected chi connectivity index (χ0v) is 9.33. The standard InChI is InChI=1S/C11H12N2O5/c12-9(14)6-8(10(15)16)13-11(17)18-7-4-2-1-3-5-7/h1-5,8H,6H2,(H2,12,14)(H,13,17)(H,15,16)/t8-/m0/s1. The second kappa shape index (κ2) is 6.24. The minimum atomic E-state index is -1.40. The molecule has 1 atom stereocenters. The van der Waals surface area contributed by atoms with Crippen molar-refractivity contribution in [3.63, 3.8) is 0 Å². The lowest BCUT2D eigenvalue weighted by Crippen LogP contribution is -2.44. The summed E-state index contributed by atoms with van der Waals surface area (Å²) in [5.74, 6) is -1.93. The van der Waals surface area contributed by atoms with Crippen molar-refractivity contribution in [2.24, 2.45) is 5.73 Å². The number of benzene rings is 1. The largest absolute Gasteiger partial charge is 0.480 e. The lowest BCUT2D eigenvalue weighted by atomic mass is 10.2. The highest BCUT2D eigenvalue weighted by atomic mass is 16.6. The lowest BCUT2D eigenvalue weighted by molar-refractivity contribution is -0.141. The van der Waals surface area contributed by atoms with Crippen molar-refractivity contribution in [2.75, 3.05) is 0 Å². The van der Waals surface area contributed by atoms with Gasteiger partial charge in [-0.25, -0.2) is 9.59 Å². The number of ether oxygens (including phenoxy) is 1. The molecule has 1 aromatic carbocycles. The minimum absolute atomic E-state index is 0.262. The van der Waals surface area contributed by atoms with Crippen LogP contribution in [0.5, 0.6) is 5.75 Å². The number of hydrogen-bond acceptors (Lipinski definition) is 4. The van der Waals surface area contributed by atoms with Crippen LogP contribution in [0.15, 0.2) is 30.3 Å². The van der Waals surface area contributed by atoms with Gasteiger partial charge in [0.25, 0.3) is 0 Å². The second-order valence-corrected chi connectivity index (χ2v) is 3.41. The zero-order valence-electron chi connectivity index (χ0n) is 9.33. The summed E-state index contributed by atoms with van der Waals surface area (Å²) in [5.41, 5.74) is 4.87. The molecule has 4 N–H and O–H groups in total. The molecule has 0 heterocycles. The normalized spacial score (nSPS) is 11.3. The van der Waals surface area contributed by atoms with Crippen LogP contribution in [0.1, 0.15) is 6.42 Å². The van der Waals surface area contributed by atoms with Gasteiger partial charge in [0.05, 0.1) is 6.42 Å². The minimum Gasteiger partial charge on any atom is -0.480 e. The summed E-state index contributed by atoms with van der Waals surface area (Å²) >= 11 is 0. The average Bonchev–Trinajstić information content (AvgIpc) is 2.28. The number of rotatable bonds is 5. The molecule has 0 fully saturated rings. The Hall–Kier alpha value is -2.57. The summed E-state index contributed by atoms with van der Waals surface area (Å²) in [6.45, 7) is 0. The molecule has 0 aromatic heterocycles. The maximum Gasteiger partial charge on any atom is 0.413 e. The molecule has 7 nitrogen and oxygen atoms in total. The monoisotopic (exact) mass is 252 g/mol. The van der Waals surface area contributed by atoms with Crippen molar-refractivity contribution in [2.45, 2.75) is 12.5 Å². The number of nitrogens with one attached hydrogen (secondary N) is 1. The van der Waals surface area contributed by atoms with Gasteiger partial charge in [0.2, 0.25) is 5.91 Å². The van der Waals surface area contributed by atoms with Gasteiger partial charge in [0.1, 0.15) is 11.8 Å². The smallest absolute Gasteiger partial charge is 0.413 e. The molecule has 0 aliphatic rings. The van der Waals surface area contributed by atoms with Crippen LogP contribution in [-0.4, -0.2) is 29.1 Å². The predicted octanol–water partition coefficient (Wildman–Crippen LogP) is 0.104. The van der Waals surface area contributed by atoms with Crippen molar-refractivity contribution < 1.29 is 24.2 Å². The average molecular weight is 252 g/mol. The molecule has 0 spiro atoms. The number of hydrogen-bond donors (Lipinski definition) is 3. The Morgan fingerprint density at radius 3 is 2.39 bits per heavy atom. The van der Waals surface area contributed by atoms with Crippen LogP contribution < -0.4 is 15.8 Å². The summed E-state index contributed by atoms with van der Waals surface area (Å²) in [5, 5.41) is 10.8. The number of carboxylic acids is 1. The molecule has 2 amide bonds. The van der Waals surface area contributed by atoms with Crippen LogP contribution in [0.25, 0.3) is 0 Å². The highest BCUT2D eigenvalue weighted by Crippen LogP contribution is 2.08. The molecule has 7 heteroatoms. The van der Waals surface area contributed by atoms with Gasteiger partial charge >= 0.3 is 12.1 Å². The molecule has 0 aliphatic heterocycles. The molecule has 0 radical (unpaired) electrons. The van der Waals surface area contributed by atoms with E-state index in [1.807, 2.05) is 5.32 Å². The van der Waals surface area contributed by atoms with Gasteiger partial charge in [-0.2, -0.15) is 0 Å². The second-order valence-electron chi connectivity index (χ2n) is 3.41. The molecular formula is C11H12N2O5. The molecule has 0 bridgehead atoms. The molecule has 0 saturated heterocycles. The number of para-hydroxylation sites is 1. The van der Waals surface area contributed by atoms with E-state index in [1.165, 1.54) is 12.1 Å². The predicted molar refractivity (Wildman–Crippen MR) is 60.8 cm³/mol. The third-order valence-electron chi connectivity index (χ3n) is 1.95. The lowest BCUT2D eigenvalue weighted by Gasteiger charge is -2.12. The van der Waals surface area contributed by atoms with Gasteiger partial charge in [-0.1, -0.05) is 18.2 Å². The SMILES string of the molecule is NC(=O)C[C@H](NC(=O)Oc1ccccc1)C(=O)O. The number of primary amides is 1. The third kappa shape index (κ3) is 4.52. The molecule has 1 aromatic rings. The first-order valence-corrected chi connectivity index (χ1v) is 5.03. The fourth-order valence-corrected chi connectivity index (χ4v) is 1.17. The van der Waals surface area contributed by atoms with Crippen LogP contribution >= 0.6 is 0 Å². The fraction of sp³-hybridized carbons (Fsp3) is 0.182. The number of carbonyl (C=O) groups is 3. The van der Waals surface area contributed by atoms with Crippen LogP contribution in [0, 0.1) is 0 Å². The maximum atomic E-state index is 11.4. The van der Waals surface area contributed by atoms with Gasteiger partial charge in [0.15, 0.2) is 0 Å². The summed E-state index contributed by atoms with van der Waals surface area (Å²) in [6, 6.07) is 6.70. The van der Waals surface area contributed by atoms with Gasteiger partial charge in [-0.3, -0.25) is 4.79 Å². The van der Waals surface area contributed by atoms with Gasteiger partial charge in [-0.05, 0) is 12.1 Å². The fourth-order valence-electron chi connectivity index (χ4n) is 1.17. The van der Waals surface area contributed by atoms with Crippen molar-refractivity contribution in [3.8, 4) is 5.75 Å². The Morgan fingerprint density at radius 2 is 1.89 bits per heavy atom. The quantitative estimate of drug-likeness (QED) is 0.686. The first-order valence-electron chi connectivity index (χ1n) is 5.03. The number of nitrogens with two attached hydrogens (primary N) is 1. The molecule has 0 unspecified atom stereocenters. The third-order valence-corrected chi connectivity index (χ3v) is 1.95. The first kappa shape index (κ1) is 13.5. The molecule has 0 saturated carbocycles. The van der Waals surface area contributed by atoms with Crippen LogP contribution in [0.4, 0.5) is 4.79 Å². The van der Waals surface area contributed by atoms with Crippen molar-refractivity contribution in [3.05, 3.63) is 30.3 Å². The van der Waals surface area contributed by atoms with E-state index in [1.54, 1.807) is 18.2 Å². The van der Waals surface area contributed by atoms with Crippen molar-refractivity contribution in [1.29, 1.82) is 0 Å². The van der Waals surface area contributed by atoms with E-state index in [0.717, 1.165) is 0 Å². The van der Waals surface area contributed by atoms with E-state index in [9.17, 15) is 14.4 Å². The summed E-state index contributed by atoms with van der Waals surface area (Å²) < 4.78 is 4.81. The van der Waals surface area contributed by atoms with Gasteiger partial charge < -0.3 is 20.9 Å². The molecule has 0 aliphatic carbocycles. The van der Waals surface area contributed by atoms with Crippen molar-refractivity contribution in [1.82, 2.24) is 5.32 Å². The molecule has 96 valence electrons. The van der Waals surface area contributed by atoms with E-state index in [0.29, 0.717) is 0 Å². The Balaban J connectivity index is 2.56. The van der Waals surface area contributed by atoms with Gasteiger partial charge in [-0.15, -0.1) is 0 Å². The van der Waals surface area contributed by atoms with E-state index in [4.69, 9.17) is 15.6 Å². The highest BCUT2D eigenvalue weighted by Gasteiger charge is 2.22. The Labute approximate surface area is 103 Å². The summed E-state index contributed by atoms with van der Waals surface area (Å²) in [4.78, 5) is 32.7. The van der Waals surface area contributed by atoms with E-state index < -0.39 is 30.4 Å². The van der Waals surface area contributed by atoms with Crippen LogP contribution in [0.2, 0.25) is 0 Å². The number of aliphatic carboxylic acids is 1. The zero-order chi connectivity index (χ0) is 13.5. The molecule has 1 rings (SSSR count). The van der Waals surface area contributed by atoms with E-state index in [-0.39, 0.29) is 5.75 Å². The van der Waals surface area contributed by atoms with E-state index >= 15 is 0 Å². The van der Waals surface area contributed by atoms with Crippen molar-refractivity contribution >= 4 is 18.0 Å². The summed E-state index contributed by atoms with van der Waals surface area (Å²) in [7, 11) is 0. The van der Waals surface area contributed by atoms with Crippen LogP contribution in [0.3, 0.4) is 0 Å². The first-order chi connectivity index (χ1) is 8.49. The summed E-state index contributed by atoms with van der Waals surface area (Å²) in [6.07, 6.45) is -1.46. The molecular weight excluding hydrogens is 240 g/mol. The van der Waals surface area contributed by atoms with E-state index in [2.05, 4.69) is 0 Å². The number of carbonyl (C=O) groups excluding carboxylic acids is 2.